The molecule has 0 saturated carbocycles. The molecule has 0 rings (SSSR count). The number of likely N-dealkylation sites (N-methyl/N-ethyl adjacent to an activating group) is 1. The highest BCUT2D eigenvalue weighted by Gasteiger charge is 2.08. The first-order valence-electron chi connectivity index (χ1n) is 3.94. The Hall–Kier alpha value is -0.120. The summed E-state index contributed by atoms with van der Waals surface area (Å²) in [4.78, 5) is 2.20. The monoisotopic (exact) mass is 161 g/mol. The maximum Gasteiger partial charge on any atom is 0.0930 e. The molecule has 0 amide bonds. The summed E-state index contributed by atoms with van der Waals surface area (Å²) in [6, 6.07) is 0. The van der Waals surface area contributed by atoms with Crippen LogP contribution in [0.2, 0.25) is 0 Å². The van der Waals surface area contributed by atoms with Crippen LogP contribution in [-0.4, -0.2) is 52.0 Å². The summed E-state index contributed by atoms with van der Waals surface area (Å²) < 4.78 is 10.2. The summed E-state index contributed by atoms with van der Waals surface area (Å²) in [5.41, 5.74) is 0. The molecule has 0 fully saturated rings. The van der Waals surface area contributed by atoms with Gasteiger partial charge in [0.1, 0.15) is 0 Å². The summed E-state index contributed by atoms with van der Waals surface area (Å²) in [5, 5.41) is 0. The Morgan fingerprint density at radius 1 is 1.36 bits per heavy atom. The van der Waals surface area contributed by atoms with Gasteiger partial charge >= 0.3 is 0 Å². The molecule has 0 saturated heterocycles. The number of hydrogen-bond donors (Lipinski definition) is 0. The van der Waals surface area contributed by atoms with Crippen molar-refractivity contribution in [2.24, 2.45) is 0 Å². The average Bonchev–Trinajstić information content (AvgIpc) is 2.03. The third-order valence-corrected chi connectivity index (χ3v) is 1.74. The minimum atomic E-state index is 0.199. The summed E-state index contributed by atoms with van der Waals surface area (Å²) >= 11 is 0. The highest BCUT2D eigenvalue weighted by molar-refractivity contribution is 4.60. The second-order valence-corrected chi connectivity index (χ2v) is 2.67. The van der Waals surface area contributed by atoms with E-state index in [1.165, 1.54) is 0 Å². The zero-order chi connectivity index (χ0) is 8.69. The SMILES string of the molecule is CCN(C)CC(COC)OC. The van der Waals surface area contributed by atoms with Gasteiger partial charge in [0.15, 0.2) is 0 Å². The fourth-order valence-corrected chi connectivity index (χ4v) is 0.858. The van der Waals surface area contributed by atoms with Crippen LogP contribution in [0.1, 0.15) is 6.92 Å². The van der Waals surface area contributed by atoms with Crippen LogP contribution in [0.3, 0.4) is 0 Å². The molecular formula is C8H19NO2. The molecule has 3 heteroatoms. The van der Waals surface area contributed by atoms with Crippen molar-refractivity contribution >= 4 is 0 Å². The fraction of sp³-hybridized carbons (Fsp3) is 1.00. The van der Waals surface area contributed by atoms with Crippen LogP contribution in [0.15, 0.2) is 0 Å². The van der Waals surface area contributed by atoms with Crippen molar-refractivity contribution in [1.82, 2.24) is 4.90 Å². The molecule has 0 radical (unpaired) electrons. The number of ether oxygens (including phenoxy) is 2. The average molecular weight is 161 g/mol. The lowest BCUT2D eigenvalue weighted by Crippen LogP contribution is -2.33. The van der Waals surface area contributed by atoms with Crippen molar-refractivity contribution in [2.45, 2.75) is 13.0 Å². The Morgan fingerprint density at radius 3 is 2.36 bits per heavy atom. The number of hydrogen-bond acceptors (Lipinski definition) is 3. The molecule has 0 aliphatic carbocycles. The van der Waals surface area contributed by atoms with Gasteiger partial charge in [0, 0.05) is 20.8 Å². The van der Waals surface area contributed by atoms with E-state index in [0.29, 0.717) is 6.61 Å². The summed E-state index contributed by atoms with van der Waals surface area (Å²) in [6.45, 7) is 4.77. The predicted octanol–water partition coefficient (Wildman–Crippen LogP) is 0.599. The Bertz CT molecular complexity index is 88.2. The number of methoxy groups -OCH3 is 2. The van der Waals surface area contributed by atoms with Crippen LogP contribution in [0, 0.1) is 0 Å². The smallest absolute Gasteiger partial charge is 0.0930 e. The van der Waals surface area contributed by atoms with Crippen molar-refractivity contribution < 1.29 is 9.47 Å². The first-order chi connectivity index (χ1) is 5.24. The van der Waals surface area contributed by atoms with Gasteiger partial charge in [0.2, 0.25) is 0 Å². The van der Waals surface area contributed by atoms with E-state index < -0.39 is 0 Å². The maximum absolute atomic E-state index is 5.20. The van der Waals surface area contributed by atoms with Crippen LogP contribution in [0.4, 0.5) is 0 Å². The lowest BCUT2D eigenvalue weighted by molar-refractivity contribution is 0.0112. The molecule has 0 spiro atoms. The summed E-state index contributed by atoms with van der Waals surface area (Å²) in [7, 11) is 5.48. The topological polar surface area (TPSA) is 21.7 Å². The number of nitrogens with zero attached hydrogens (tertiary/aromatic N) is 1. The molecule has 0 aliphatic heterocycles. The van der Waals surface area contributed by atoms with Crippen molar-refractivity contribution in [2.75, 3.05) is 41.0 Å². The van der Waals surface area contributed by atoms with Crippen LogP contribution in [0.25, 0.3) is 0 Å². The molecule has 1 atom stereocenters. The van der Waals surface area contributed by atoms with Crippen LogP contribution in [0.5, 0.6) is 0 Å². The second-order valence-electron chi connectivity index (χ2n) is 2.67. The minimum absolute atomic E-state index is 0.199. The number of rotatable bonds is 6. The molecule has 0 bridgehead atoms. The van der Waals surface area contributed by atoms with Crippen molar-refractivity contribution in [3.05, 3.63) is 0 Å². The predicted molar refractivity (Wildman–Crippen MR) is 45.8 cm³/mol. The molecule has 0 aromatic carbocycles. The molecule has 0 aliphatic rings. The standard InChI is InChI=1S/C8H19NO2/c1-5-9(2)6-8(11-4)7-10-3/h8H,5-7H2,1-4H3. The van der Waals surface area contributed by atoms with E-state index >= 15 is 0 Å². The molecule has 0 aromatic heterocycles. The highest BCUT2D eigenvalue weighted by Crippen LogP contribution is 1.93. The van der Waals surface area contributed by atoms with E-state index in [-0.39, 0.29) is 6.10 Å². The van der Waals surface area contributed by atoms with Crippen LogP contribution < -0.4 is 0 Å². The maximum atomic E-state index is 5.20. The largest absolute Gasteiger partial charge is 0.382 e. The van der Waals surface area contributed by atoms with Crippen molar-refractivity contribution in [3.8, 4) is 0 Å². The first-order valence-corrected chi connectivity index (χ1v) is 3.94. The van der Waals surface area contributed by atoms with Crippen molar-refractivity contribution in [3.63, 3.8) is 0 Å². The van der Waals surface area contributed by atoms with E-state index in [9.17, 15) is 0 Å². The third-order valence-electron chi connectivity index (χ3n) is 1.74. The Labute approximate surface area is 69.3 Å². The van der Waals surface area contributed by atoms with Gasteiger partial charge in [0.05, 0.1) is 12.7 Å². The minimum Gasteiger partial charge on any atom is -0.382 e. The second kappa shape index (κ2) is 6.58. The lowest BCUT2D eigenvalue weighted by Gasteiger charge is -2.20. The lowest BCUT2D eigenvalue weighted by atomic mass is 10.3. The zero-order valence-corrected chi connectivity index (χ0v) is 7.96. The molecule has 0 aromatic rings. The van der Waals surface area contributed by atoms with E-state index in [2.05, 4.69) is 18.9 Å². The van der Waals surface area contributed by atoms with Gasteiger partial charge in [-0.2, -0.15) is 0 Å². The first kappa shape index (κ1) is 10.9. The van der Waals surface area contributed by atoms with Crippen LogP contribution in [-0.2, 0) is 9.47 Å². The molecule has 0 heterocycles. The van der Waals surface area contributed by atoms with E-state index in [1.54, 1.807) is 14.2 Å². The molecule has 3 nitrogen and oxygen atoms in total. The van der Waals surface area contributed by atoms with Gasteiger partial charge in [-0.15, -0.1) is 0 Å². The fourth-order valence-electron chi connectivity index (χ4n) is 0.858. The highest BCUT2D eigenvalue weighted by atomic mass is 16.5. The Morgan fingerprint density at radius 2 is 2.00 bits per heavy atom. The van der Waals surface area contributed by atoms with Crippen LogP contribution >= 0.6 is 0 Å². The summed E-state index contributed by atoms with van der Waals surface area (Å²) in [6.07, 6.45) is 0.199. The third kappa shape index (κ3) is 5.18. The van der Waals surface area contributed by atoms with Gasteiger partial charge in [0.25, 0.3) is 0 Å². The van der Waals surface area contributed by atoms with E-state index in [1.807, 2.05) is 0 Å². The molecule has 11 heavy (non-hydrogen) atoms. The summed E-state index contributed by atoms with van der Waals surface area (Å²) in [5.74, 6) is 0. The quantitative estimate of drug-likeness (QED) is 0.569. The normalized spacial score (nSPS) is 13.9. The van der Waals surface area contributed by atoms with E-state index in [0.717, 1.165) is 13.1 Å². The Balaban J connectivity index is 3.49. The zero-order valence-electron chi connectivity index (χ0n) is 7.96. The van der Waals surface area contributed by atoms with Gasteiger partial charge in [-0.1, -0.05) is 6.92 Å². The van der Waals surface area contributed by atoms with Gasteiger partial charge in [-0.25, -0.2) is 0 Å². The van der Waals surface area contributed by atoms with Gasteiger partial charge < -0.3 is 14.4 Å². The molecule has 68 valence electrons. The Kier molecular flexibility index (Phi) is 6.51. The van der Waals surface area contributed by atoms with Gasteiger partial charge in [-0.05, 0) is 13.6 Å². The van der Waals surface area contributed by atoms with Gasteiger partial charge in [-0.3, -0.25) is 0 Å². The molecule has 1 unspecified atom stereocenters. The molecular weight excluding hydrogens is 142 g/mol. The van der Waals surface area contributed by atoms with Crippen molar-refractivity contribution in [1.29, 1.82) is 0 Å². The van der Waals surface area contributed by atoms with E-state index in [4.69, 9.17) is 9.47 Å². The molecule has 0 N–H and O–H groups in total.